The van der Waals surface area contributed by atoms with Crippen LogP contribution in [-0.2, 0) is 53.4 Å². The molecule has 3 aliphatic carbocycles. The third-order valence-electron chi connectivity index (χ3n) is 15.0. The number of benzene rings is 3. The second-order valence-corrected chi connectivity index (χ2v) is 26.7. The molecule has 7 aromatic rings. The minimum Gasteiger partial charge on any atom is -0.343 e. The van der Waals surface area contributed by atoms with Gasteiger partial charge in [0.05, 0.1) is 27.4 Å². The van der Waals surface area contributed by atoms with Crippen LogP contribution in [-0.4, -0.2) is 56.8 Å². The molecular weight excluding hydrogens is 1010 g/mol. The van der Waals surface area contributed by atoms with Crippen molar-refractivity contribution in [2.45, 2.75) is 144 Å². The Balaban J connectivity index is 0.000000178. The molecule has 0 radical (unpaired) electrons. The Bertz CT molecular complexity index is 3600. The van der Waals surface area contributed by atoms with Gasteiger partial charge in [-0.3, -0.25) is 0 Å². The van der Waals surface area contributed by atoms with E-state index in [9.17, 15) is 33.7 Å². The summed E-state index contributed by atoms with van der Waals surface area (Å²) in [6.07, 6.45) is 19.5. The van der Waals surface area contributed by atoms with Crippen LogP contribution < -0.4 is 15.0 Å². The second-order valence-electron chi connectivity index (χ2n) is 19.9. The van der Waals surface area contributed by atoms with Gasteiger partial charge in [0.15, 0.2) is 0 Å². The first-order valence-corrected chi connectivity index (χ1v) is 31.3. The van der Waals surface area contributed by atoms with Crippen molar-refractivity contribution in [1.82, 2.24) is 21.8 Å². The smallest absolute Gasteiger partial charge is 0.305 e. The van der Waals surface area contributed by atoms with E-state index >= 15 is 0 Å². The van der Waals surface area contributed by atoms with E-state index in [1.807, 2.05) is 39.5 Å². The van der Waals surface area contributed by atoms with E-state index in [1.165, 1.54) is 45.8 Å². The number of rotatable bonds is 13. The molecule has 3 aliphatic rings. The normalized spacial score (nSPS) is 17.1. The van der Waals surface area contributed by atoms with Gasteiger partial charge in [0, 0.05) is 64.8 Å². The number of aromatic nitrogens is 4. The third-order valence-corrected chi connectivity index (χ3v) is 20.7. The van der Waals surface area contributed by atoms with Crippen molar-refractivity contribution >= 4 is 73.7 Å². The van der Waals surface area contributed by atoms with Crippen molar-refractivity contribution in [3.8, 4) is 22.5 Å². The van der Waals surface area contributed by atoms with Crippen LogP contribution >= 0.6 is 11.6 Å². The third kappa shape index (κ3) is 10.6. The van der Waals surface area contributed by atoms with Gasteiger partial charge in [-0.25, -0.2) is 43.5 Å². The number of halogens is 1. The van der Waals surface area contributed by atoms with Crippen LogP contribution in [0.3, 0.4) is 0 Å². The Labute approximate surface area is 428 Å². The van der Waals surface area contributed by atoms with Crippen LogP contribution in [0.1, 0.15) is 108 Å². The molecule has 3 fully saturated rings. The maximum Gasteiger partial charge on any atom is 0.305 e. The van der Waals surface area contributed by atoms with E-state index < -0.39 is 40.3 Å². The number of nitrogens with two attached hydrogens (primary N) is 2. The van der Waals surface area contributed by atoms with Gasteiger partial charge in [0.2, 0.25) is 20.0 Å². The highest BCUT2D eigenvalue weighted by molar-refractivity contribution is 7.90. The van der Waals surface area contributed by atoms with Crippen LogP contribution in [0.2, 0.25) is 5.02 Å². The first-order valence-electron chi connectivity index (χ1n) is 24.9. The zero-order valence-electron chi connectivity index (χ0n) is 40.7. The summed E-state index contributed by atoms with van der Waals surface area (Å²) in [6.45, 7) is 4.87. The Morgan fingerprint density at radius 3 is 1.39 bits per heavy atom. The van der Waals surface area contributed by atoms with E-state index in [0.29, 0.717) is 75.2 Å². The minimum absolute atomic E-state index is 0.00189. The van der Waals surface area contributed by atoms with Gasteiger partial charge < -0.3 is 9.13 Å². The van der Waals surface area contributed by atoms with E-state index in [2.05, 4.69) is 4.72 Å². The molecule has 0 saturated heterocycles. The number of nitrogens with zero attached hydrogens (tertiary/aromatic N) is 4. The first kappa shape index (κ1) is 52.1. The van der Waals surface area contributed by atoms with Crippen LogP contribution in [0.5, 0.6) is 0 Å². The zero-order valence-corrected chi connectivity index (χ0v) is 44.7. The summed E-state index contributed by atoms with van der Waals surface area (Å²) in [5.74, 6) is 0.860. The number of primary sulfonamides is 2. The van der Waals surface area contributed by atoms with Crippen molar-refractivity contribution in [2.75, 3.05) is 0 Å². The van der Waals surface area contributed by atoms with Gasteiger partial charge in [-0.2, -0.15) is 13.1 Å². The first-order chi connectivity index (χ1) is 34.2. The predicted molar refractivity (Wildman–Crippen MR) is 284 cm³/mol. The molecular formula is C52H64ClN7O8S4. The summed E-state index contributed by atoms with van der Waals surface area (Å²) in [5.41, 5.74) is 4.82. The highest BCUT2D eigenvalue weighted by Gasteiger charge is 2.31. The Morgan fingerprint density at radius 1 is 0.528 bits per heavy atom. The van der Waals surface area contributed by atoms with E-state index in [0.717, 1.165) is 76.0 Å². The van der Waals surface area contributed by atoms with Crippen molar-refractivity contribution in [2.24, 2.45) is 22.1 Å². The van der Waals surface area contributed by atoms with Crippen molar-refractivity contribution in [3.63, 3.8) is 0 Å². The van der Waals surface area contributed by atoms with Gasteiger partial charge in [0.25, 0.3) is 10.0 Å². The van der Waals surface area contributed by atoms with E-state index in [1.54, 1.807) is 68.7 Å². The van der Waals surface area contributed by atoms with E-state index in [4.69, 9.17) is 21.9 Å². The highest BCUT2D eigenvalue weighted by atomic mass is 35.5. The van der Waals surface area contributed by atoms with Crippen LogP contribution in [0, 0.1) is 25.7 Å². The predicted octanol–water partition coefficient (Wildman–Crippen LogP) is 10.2. The zero-order chi connectivity index (χ0) is 51.2. The Morgan fingerprint density at radius 2 is 0.931 bits per heavy atom. The summed E-state index contributed by atoms with van der Waals surface area (Å²) in [6, 6.07) is 24.0. The number of hydrogen-bond donors (Lipinski definition) is 3. The molecule has 5 N–H and O–H groups in total. The lowest BCUT2D eigenvalue weighted by Crippen LogP contribution is -2.39. The summed E-state index contributed by atoms with van der Waals surface area (Å²) in [5, 5.41) is 12.7. The molecule has 0 amide bonds. The average molecular weight is 1080 g/mol. The van der Waals surface area contributed by atoms with Crippen LogP contribution in [0.25, 0.3) is 44.3 Å². The lowest BCUT2D eigenvalue weighted by Gasteiger charge is -2.24. The maximum absolute atomic E-state index is 13.7. The monoisotopic (exact) mass is 1080 g/mol. The summed E-state index contributed by atoms with van der Waals surface area (Å²) in [4.78, 5) is 0.144. The second kappa shape index (κ2) is 20.9. The fourth-order valence-electron chi connectivity index (χ4n) is 11.3. The quantitative estimate of drug-likeness (QED) is 0.101. The molecule has 72 heavy (non-hydrogen) atoms. The minimum atomic E-state index is -4.02. The molecule has 0 bridgehead atoms. The van der Waals surface area contributed by atoms with Crippen LogP contribution in [0.15, 0.2) is 112 Å². The number of hydrogen-bond acceptors (Lipinski definition) is 8. The van der Waals surface area contributed by atoms with Crippen molar-refractivity contribution in [3.05, 3.63) is 114 Å². The molecule has 10 rings (SSSR count). The molecule has 4 heterocycles. The largest absolute Gasteiger partial charge is 0.343 e. The fourth-order valence-corrected chi connectivity index (χ4v) is 16.2. The maximum atomic E-state index is 13.7. The van der Waals surface area contributed by atoms with Crippen LogP contribution in [0.4, 0.5) is 0 Å². The SMILES string of the molecule is Cc1c(S(N)(=O)=O)cc(-c2cn(S(=O)(=O)NC3CCCCC3)c3ccccc23)n1CC1CCCCC1.Cc1c(S(N)(=O)=O)cc(-c2cn(S(=O)(=O)c3ccccc3Cl)c3ccccc23)n1CC1CCCCC1. The van der Waals surface area contributed by atoms with Crippen molar-refractivity contribution < 1.29 is 33.7 Å². The van der Waals surface area contributed by atoms with Crippen molar-refractivity contribution in [1.29, 1.82) is 0 Å². The lowest BCUT2D eigenvalue weighted by atomic mass is 9.89. The van der Waals surface area contributed by atoms with Gasteiger partial charge >= 0.3 is 10.2 Å². The standard InChI is InChI=1S/C26H28ClN3O4S2.C26H36N4O4S2/c1-18-26(35(28,31)32)15-24(29(18)16-19-9-3-2-4-10-19)21-17-30(23-13-7-5-11-20(21)23)36(33,34)25-14-8-6-12-22(25)27;1-19-26(35(27,31)32)16-25(29(19)17-20-10-4-2-5-11-20)23-18-30(24-15-9-8-14-22(23)24)36(33,34)28-21-12-6-3-7-13-21/h5-8,11-15,17,19H,2-4,9-10,16H2,1H3,(H2,28,31,32);8-9,14-16,18,20-21,28H,2-7,10-13,17H2,1H3,(H2,27,31,32). The molecule has 386 valence electrons. The molecule has 20 heteroatoms. The summed E-state index contributed by atoms with van der Waals surface area (Å²) >= 11 is 6.26. The Hall–Kier alpha value is -4.73. The molecule has 4 aromatic heterocycles. The van der Waals surface area contributed by atoms with Gasteiger partial charge in [-0.15, -0.1) is 0 Å². The van der Waals surface area contributed by atoms with E-state index in [-0.39, 0.29) is 25.8 Å². The lowest BCUT2D eigenvalue weighted by molar-refractivity contribution is 0.318. The number of para-hydroxylation sites is 2. The Kier molecular flexibility index (Phi) is 15.1. The van der Waals surface area contributed by atoms with Gasteiger partial charge in [0.1, 0.15) is 14.7 Å². The molecule has 3 saturated carbocycles. The fraction of sp³-hybridized carbons (Fsp3) is 0.423. The summed E-state index contributed by atoms with van der Waals surface area (Å²) < 4.78 is 114. The highest BCUT2D eigenvalue weighted by Crippen LogP contribution is 2.40. The van der Waals surface area contributed by atoms with Gasteiger partial charge in [-0.1, -0.05) is 118 Å². The topological polar surface area (TPSA) is 220 Å². The molecule has 3 aromatic carbocycles. The molecule has 0 aliphatic heterocycles. The number of fused-ring (bicyclic) bond motifs is 2. The summed E-state index contributed by atoms with van der Waals surface area (Å²) in [7, 11) is -15.8. The number of sulfonamides is 2. The average Bonchev–Trinajstić information content (AvgIpc) is 4.11. The molecule has 15 nitrogen and oxygen atoms in total. The van der Waals surface area contributed by atoms with Gasteiger partial charge in [-0.05, 0) is 101 Å². The molecule has 0 atom stereocenters. The molecule has 0 spiro atoms. The number of nitrogens with one attached hydrogen (secondary N) is 1. The molecule has 0 unspecified atom stereocenters.